The highest BCUT2D eigenvalue weighted by atomic mass is 35.5. The molecule has 1 aromatic carbocycles. The zero-order valence-corrected chi connectivity index (χ0v) is 19.0. The van der Waals surface area contributed by atoms with Crippen molar-refractivity contribution in [1.82, 2.24) is 0 Å². The quantitative estimate of drug-likeness (QED) is 0.263. The van der Waals surface area contributed by atoms with Gasteiger partial charge in [-0.2, -0.15) is 0 Å². The number of ether oxygens (including phenoxy) is 4. The van der Waals surface area contributed by atoms with Gasteiger partial charge in [-0.1, -0.05) is 25.4 Å². The maximum absolute atomic E-state index is 10.9. The first-order valence-electron chi connectivity index (χ1n) is 9.31. The van der Waals surface area contributed by atoms with Crippen LogP contribution in [-0.4, -0.2) is 43.2 Å². The maximum atomic E-state index is 10.9. The summed E-state index contributed by atoms with van der Waals surface area (Å²) < 4.78 is 22.3. The van der Waals surface area contributed by atoms with Gasteiger partial charge in [-0.15, -0.1) is 0 Å². The SMILES string of the molecule is CC.COC(CC(C)(C)OCCC(C)(C)Oc1cc(Cl)cc([N+](=O)[O-])c1)OC. The van der Waals surface area contributed by atoms with Gasteiger partial charge in [0.25, 0.3) is 5.69 Å². The Morgan fingerprint density at radius 1 is 1.07 bits per heavy atom. The van der Waals surface area contributed by atoms with Crippen molar-refractivity contribution < 1.29 is 23.9 Å². The van der Waals surface area contributed by atoms with Crippen molar-refractivity contribution in [3.63, 3.8) is 0 Å². The van der Waals surface area contributed by atoms with Crippen LogP contribution < -0.4 is 4.74 Å². The van der Waals surface area contributed by atoms with Gasteiger partial charge in [0, 0.05) is 33.1 Å². The van der Waals surface area contributed by atoms with Crippen molar-refractivity contribution in [1.29, 1.82) is 0 Å². The molecule has 0 aromatic heterocycles. The van der Waals surface area contributed by atoms with Crippen LogP contribution in [0, 0.1) is 10.1 Å². The van der Waals surface area contributed by atoms with Crippen LogP contribution in [-0.2, 0) is 14.2 Å². The van der Waals surface area contributed by atoms with Crippen molar-refractivity contribution in [2.24, 2.45) is 0 Å². The van der Waals surface area contributed by atoms with E-state index in [9.17, 15) is 10.1 Å². The first-order valence-corrected chi connectivity index (χ1v) is 9.69. The summed E-state index contributed by atoms with van der Waals surface area (Å²) in [7, 11) is 3.18. The molecule has 0 saturated heterocycles. The molecule has 8 heteroatoms. The Morgan fingerprint density at radius 2 is 1.64 bits per heavy atom. The molecule has 0 amide bonds. The van der Waals surface area contributed by atoms with Crippen molar-refractivity contribution in [3.05, 3.63) is 33.3 Å². The summed E-state index contributed by atoms with van der Waals surface area (Å²) in [5.74, 6) is 0.354. The molecule has 0 aliphatic rings. The van der Waals surface area contributed by atoms with Crippen LogP contribution in [0.15, 0.2) is 18.2 Å². The minimum atomic E-state index is -0.587. The molecule has 0 bridgehead atoms. The number of nitro groups is 1. The standard InChI is InChI=1S/C18H28ClNO6.C2H6/c1-17(2,7-8-25-18(3,4)12-16(23-5)24-6)26-15-10-13(19)9-14(11-15)20(21)22;1-2/h9-11,16H,7-8,12H2,1-6H3;1-2H3. The monoisotopic (exact) mass is 419 g/mol. The third-order valence-corrected chi connectivity index (χ3v) is 4.06. The zero-order chi connectivity index (χ0) is 22.0. The lowest BCUT2D eigenvalue weighted by molar-refractivity contribution is -0.384. The first kappa shape index (κ1) is 26.6. The van der Waals surface area contributed by atoms with Crippen LogP contribution in [0.2, 0.25) is 5.02 Å². The zero-order valence-electron chi connectivity index (χ0n) is 18.2. The number of hydrogen-bond donors (Lipinski definition) is 0. The van der Waals surface area contributed by atoms with Crippen LogP contribution in [0.5, 0.6) is 5.75 Å². The van der Waals surface area contributed by atoms with Gasteiger partial charge >= 0.3 is 0 Å². The van der Waals surface area contributed by atoms with Crippen molar-refractivity contribution in [2.45, 2.75) is 71.9 Å². The number of halogens is 1. The van der Waals surface area contributed by atoms with Gasteiger partial charge in [0.2, 0.25) is 0 Å². The van der Waals surface area contributed by atoms with E-state index in [0.717, 1.165) is 0 Å². The van der Waals surface area contributed by atoms with E-state index in [1.807, 2.05) is 41.5 Å². The number of non-ortho nitro benzene ring substituents is 1. The van der Waals surface area contributed by atoms with Crippen LogP contribution in [0.25, 0.3) is 0 Å². The fourth-order valence-corrected chi connectivity index (χ4v) is 2.60. The van der Waals surface area contributed by atoms with Gasteiger partial charge in [-0.25, -0.2) is 0 Å². The van der Waals surface area contributed by atoms with Gasteiger partial charge in [0.05, 0.1) is 28.2 Å². The van der Waals surface area contributed by atoms with Gasteiger partial charge in [0.15, 0.2) is 6.29 Å². The molecule has 0 heterocycles. The fraction of sp³-hybridized carbons (Fsp3) is 0.700. The highest BCUT2D eigenvalue weighted by Crippen LogP contribution is 2.30. The number of hydrogen-bond acceptors (Lipinski definition) is 6. The summed E-state index contributed by atoms with van der Waals surface area (Å²) in [5, 5.41) is 11.2. The van der Waals surface area contributed by atoms with Crippen LogP contribution in [0.4, 0.5) is 5.69 Å². The smallest absolute Gasteiger partial charge is 0.274 e. The molecule has 0 radical (unpaired) electrons. The van der Waals surface area contributed by atoms with Gasteiger partial charge in [-0.3, -0.25) is 10.1 Å². The third kappa shape index (κ3) is 10.2. The summed E-state index contributed by atoms with van der Waals surface area (Å²) in [4.78, 5) is 10.4. The van der Waals surface area contributed by atoms with Crippen molar-refractivity contribution in [3.8, 4) is 5.75 Å². The summed E-state index contributed by atoms with van der Waals surface area (Å²) in [6, 6.07) is 4.21. The topological polar surface area (TPSA) is 80.1 Å². The van der Waals surface area contributed by atoms with E-state index in [1.54, 1.807) is 20.3 Å². The molecular formula is C20H34ClNO6. The van der Waals surface area contributed by atoms with E-state index in [1.165, 1.54) is 12.1 Å². The second-order valence-electron chi connectivity index (χ2n) is 7.23. The van der Waals surface area contributed by atoms with E-state index in [0.29, 0.717) is 25.2 Å². The summed E-state index contributed by atoms with van der Waals surface area (Å²) in [6.07, 6.45) is 0.838. The maximum Gasteiger partial charge on any atom is 0.274 e. The fourth-order valence-electron chi connectivity index (χ4n) is 2.38. The molecule has 0 unspecified atom stereocenters. The van der Waals surface area contributed by atoms with Crippen LogP contribution >= 0.6 is 11.6 Å². The lowest BCUT2D eigenvalue weighted by Gasteiger charge is -2.31. The van der Waals surface area contributed by atoms with Gasteiger partial charge in [0.1, 0.15) is 11.4 Å². The van der Waals surface area contributed by atoms with E-state index >= 15 is 0 Å². The first-order chi connectivity index (χ1) is 13.0. The van der Waals surface area contributed by atoms with Crippen LogP contribution in [0.1, 0.15) is 54.4 Å². The Bertz CT molecular complexity index is 602. The number of nitro benzene ring substituents is 1. The molecule has 0 fully saturated rings. The van der Waals surface area contributed by atoms with Crippen LogP contribution in [0.3, 0.4) is 0 Å². The Labute approximate surface area is 173 Å². The largest absolute Gasteiger partial charge is 0.487 e. The molecule has 1 aromatic rings. The average molecular weight is 420 g/mol. The minimum absolute atomic E-state index is 0.106. The molecule has 162 valence electrons. The molecular weight excluding hydrogens is 386 g/mol. The number of methoxy groups -OCH3 is 2. The lowest BCUT2D eigenvalue weighted by atomic mass is 10.0. The number of benzene rings is 1. The predicted molar refractivity (Wildman–Crippen MR) is 111 cm³/mol. The molecule has 0 aliphatic carbocycles. The normalized spacial score (nSPS) is 11.8. The average Bonchev–Trinajstić information content (AvgIpc) is 2.60. The summed E-state index contributed by atoms with van der Waals surface area (Å²) >= 11 is 5.93. The lowest BCUT2D eigenvalue weighted by Crippen LogP contribution is -2.35. The highest BCUT2D eigenvalue weighted by Gasteiger charge is 2.27. The van der Waals surface area contributed by atoms with Crippen molar-refractivity contribution >= 4 is 17.3 Å². The van der Waals surface area contributed by atoms with Gasteiger partial charge in [-0.05, 0) is 33.8 Å². The summed E-state index contributed by atoms with van der Waals surface area (Å²) in [6.45, 7) is 12.2. The highest BCUT2D eigenvalue weighted by molar-refractivity contribution is 6.30. The number of nitrogens with zero attached hydrogens (tertiary/aromatic N) is 1. The Kier molecular flexibility index (Phi) is 11.6. The molecule has 0 saturated carbocycles. The molecule has 0 aliphatic heterocycles. The second kappa shape index (κ2) is 12.2. The minimum Gasteiger partial charge on any atom is -0.487 e. The Balaban J connectivity index is 0.00000352. The Morgan fingerprint density at radius 3 is 2.14 bits per heavy atom. The number of rotatable bonds is 11. The van der Waals surface area contributed by atoms with E-state index < -0.39 is 16.1 Å². The predicted octanol–water partition coefficient (Wildman–Crippen LogP) is 5.63. The summed E-state index contributed by atoms with van der Waals surface area (Å²) in [5.41, 5.74) is -1.12. The molecule has 0 N–H and O–H groups in total. The molecule has 1 rings (SSSR count). The third-order valence-electron chi connectivity index (χ3n) is 3.84. The molecule has 28 heavy (non-hydrogen) atoms. The van der Waals surface area contributed by atoms with Gasteiger partial charge < -0.3 is 18.9 Å². The second-order valence-corrected chi connectivity index (χ2v) is 7.66. The molecule has 0 atom stereocenters. The van der Waals surface area contributed by atoms with E-state index in [-0.39, 0.29) is 17.0 Å². The van der Waals surface area contributed by atoms with E-state index in [2.05, 4.69) is 0 Å². The molecule has 0 spiro atoms. The van der Waals surface area contributed by atoms with E-state index in [4.69, 9.17) is 30.5 Å². The molecule has 7 nitrogen and oxygen atoms in total. The Hall–Kier alpha value is -1.41. The van der Waals surface area contributed by atoms with Crippen molar-refractivity contribution in [2.75, 3.05) is 20.8 Å².